The van der Waals surface area contributed by atoms with Crippen molar-refractivity contribution in [2.75, 3.05) is 6.61 Å². The second-order valence-electron chi connectivity index (χ2n) is 3.49. The highest BCUT2D eigenvalue weighted by Gasteiger charge is 2.00. The molecule has 2 heteroatoms. The first-order valence-corrected chi connectivity index (χ1v) is 4.65. The summed E-state index contributed by atoms with van der Waals surface area (Å²) >= 11 is 0. The van der Waals surface area contributed by atoms with E-state index in [9.17, 15) is 5.11 Å². The fourth-order valence-electron chi connectivity index (χ4n) is 1.05. The zero-order chi connectivity index (χ0) is 10.6. The van der Waals surface area contributed by atoms with Crippen molar-refractivity contribution in [3.63, 3.8) is 0 Å². The monoisotopic (exact) mass is 192 g/mol. The van der Waals surface area contributed by atoms with Gasteiger partial charge in [0.05, 0.1) is 6.10 Å². The second-order valence-corrected chi connectivity index (χ2v) is 3.49. The maximum atomic E-state index is 9.28. The van der Waals surface area contributed by atoms with E-state index in [1.807, 2.05) is 31.2 Å². The summed E-state index contributed by atoms with van der Waals surface area (Å²) in [4.78, 5) is 0. The minimum atomic E-state index is -0.426. The number of ether oxygens (including phenoxy) is 1. The molecule has 1 aromatic rings. The molecule has 0 radical (unpaired) electrons. The molecule has 1 aromatic carbocycles. The van der Waals surface area contributed by atoms with Gasteiger partial charge in [-0.15, -0.1) is 0 Å². The molecular formula is C12H16O2. The van der Waals surface area contributed by atoms with Crippen molar-refractivity contribution in [1.82, 2.24) is 0 Å². The molecule has 14 heavy (non-hydrogen) atoms. The molecule has 0 spiro atoms. The van der Waals surface area contributed by atoms with Crippen LogP contribution >= 0.6 is 0 Å². The molecule has 0 saturated carbocycles. The minimum absolute atomic E-state index is 0.426. The lowest BCUT2D eigenvalue weighted by Crippen LogP contribution is -1.98. The van der Waals surface area contributed by atoms with Crippen LogP contribution in [0.15, 0.2) is 36.4 Å². The van der Waals surface area contributed by atoms with Crippen LogP contribution in [-0.4, -0.2) is 11.7 Å². The molecule has 0 aliphatic carbocycles. The van der Waals surface area contributed by atoms with Crippen molar-refractivity contribution < 1.29 is 9.84 Å². The lowest BCUT2D eigenvalue weighted by Gasteiger charge is -2.08. The Labute approximate surface area is 84.8 Å². The molecule has 2 nitrogen and oxygen atoms in total. The Morgan fingerprint density at radius 3 is 2.43 bits per heavy atom. The number of hydrogen-bond acceptors (Lipinski definition) is 2. The molecule has 0 heterocycles. The van der Waals surface area contributed by atoms with Crippen molar-refractivity contribution in [3.05, 3.63) is 42.0 Å². The molecule has 0 amide bonds. The molecule has 0 fully saturated rings. The van der Waals surface area contributed by atoms with Gasteiger partial charge >= 0.3 is 0 Å². The topological polar surface area (TPSA) is 29.5 Å². The Morgan fingerprint density at radius 1 is 1.43 bits per heavy atom. The van der Waals surface area contributed by atoms with E-state index in [0.29, 0.717) is 6.61 Å². The van der Waals surface area contributed by atoms with Gasteiger partial charge in [0.1, 0.15) is 12.4 Å². The predicted molar refractivity (Wildman–Crippen MR) is 57.4 cm³/mol. The number of hydrogen-bond donors (Lipinski definition) is 1. The largest absolute Gasteiger partial charge is 0.489 e. The highest BCUT2D eigenvalue weighted by molar-refractivity contribution is 5.28. The van der Waals surface area contributed by atoms with Gasteiger partial charge in [-0.3, -0.25) is 0 Å². The molecule has 76 valence electrons. The van der Waals surface area contributed by atoms with Gasteiger partial charge in [-0.1, -0.05) is 18.7 Å². The van der Waals surface area contributed by atoms with Crippen molar-refractivity contribution in [2.45, 2.75) is 20.0 Å². The molecule has 0 aliphatic rings. The molecule has 0 unspecified atom stereocenters. The van der Waals surface area contributed by atoms with Crippen molar-refractivity contribution >= 4 is 0 Å². The van der Waals surface area contributed by atoms with Crippen LogP contribution in [0.25, 0.3) is 0 Å². The van der Waals surface area contributed by atoms with Gasteiger partial charge < -0.3 is 9.84 Å². The van der Waals surface area contributed by atoms with Crippen LogP contribution in [0.2, 0.25) is 0 Å². The molecule has 0 saturated heterocycles. The van der Waals surface area contributed by atoms with E-state index in [1.54, 1.807) is 6.92 Å². The van der Waals surface area contributed by atoms with E-state index in [2.05, 4.69) is 6.58 Å². The smallest absolute Gasteiger partial charge is 0.119 e. The van der Waals surface area contributed by atoms with Gasteiger partial charge in [-0.25, -0.2) is 0 Å². The SMILES string of the molecule is C=C(C)COc1ccc([C@H](C)O)cc1. The van der Waals surface area contributed by atoms with Crippen LogP contribution < -0.4 is 4.74 Å². The van der Waals surface area contributed by atoms with E-state index < -0.39 is 6.10 Å². The van der Waals surface area contributed by atoms with Gasteiger partial charge in [0.25, 0.3) is 0 Å². The quantitative estimate of drug-likeness (QED) is 0.743. The van der Waals surface area contributed by atoms with Crippen molar-refractivity contribution in [1.29, 1.82) is 0 Å². The molecule has 0 aliphatic heterocycles. The Hall–Kier alpha value is -1.28. The Balaban J connectivity index is 2.59. The standard InChI is InChI=1S/C12H16O2/c1-9(2)8-14-12-6-4-11(5-7-12)10(3)13/h4-7,10,13H,1,8H2,2-3H3/t10-/m0/s1. The predicted octanol–water partition coefficient (Wildman–Crippen LogP) is 2.69. The first kappa shape index (κ1) is 10.8. The average Bonchev–Trinajstić information content (AvgIpc) is 2.15. The average molecular weight is 192 g/mol. The van der Waals surface area contributed by atoms with Crippen LogP contribution in [-0.2, 0) is 0 Å². The first-order valence-electron chi connectivity index (χ1n) is 4.65. The summed E-state index contributed by atoms with van der Waals surface area (Å²) in [5, 5.41) is 9.28. The van der Waals surface area contributed by atoms with Crippen LogP contribution in [0.1, 0.15) is 25.5 Å². The number of aliphatic hydroxyl groups excluding tert-OH is 1. The summed E-state index contributed by atoms with van der Waals surface area (Å²) in [6, 6.07) is 7.42. The number of benzene rings is 1. The van der Waals surface area contributed by atoms with E-state index in [0.717, 1.165) is 16.9 Å². The maximum absolute atomic E-state index is 9.28. The Kier molecular flexibility index (Phi) is 3.72. The highest BCUT2D eigenvalue weighted by Crippen LogP contribution is 2.17. The number of rotatable bonds is 4. The third kappa shape index (κ3) is 3.23. The summed E-state index contributed by atoms with van der Waals surface area (Å²) in [7, 11) is 0. The fraction of sp³-hybridized carbons (Fsp3) is 0.333. The first-order chi connectivity index (χ1) is 6.59. The van der Waals surface area contributed by atoms with Crippen LogP contribution in [0, 0.1) is 0 Å². The summed E-state index contributed by atoms with van der Waals surface area (Å²) in [5.41, 5.74) is 1.89. The fourth-order valence-corrected chi connectivity index (χ4v) is 1.05. The molecule has 0 aromatic heterocycles. The van der Waals surface area contributed by atoms with Crippen molar-refractivity contribution in [3.8, 4) is 5.75 Å². The highest BCUT2D eigenvalue weighted by atomic mass is 16.5. The third-order valence-corrected chi connectivity index (χ3v) is 1.85. The lowest BCUT2D eigenvalue weighted by atomic mass is 10.1. The zero-order valence-electron chi connectivity index (χ0n) is 8.66. The zero-order valence-corrected chi connectivity index (χ0v) is 8.66. The Bertz CT molecular complexity index is 299. The molecule has 1 atom stereocenters. The maximum Gasteiger partial charge on any atom is 0.119 e. The summed E-state index contributed by atoms with van der Waals surface area (Å²) < 4.78 is 5.42. The van der Waals surface area contributed by atoms with E-state index in [1.165, 1.54) is 0 Å². The van der Waals surface area contributed by atoms with Crippen LogP contribution in [0.4, 0.5) is 0 Å². The Morgan fingerprint density at radius 2 is 2.00 bits per heavy atom. The van der Waals surface area contributed by atoms with E-state index in [-0.39, 0.29) is 0 Å². The van der Waals surface area contributed by atoms with Gasteiger partial charge in [-0.05, 0) is 37.1 Å². The summed E-state index contributed by atoms with van der Waals surface area (Å²) in [5.74, 6) is 0.803. The van der Waals surface area contributed by atoms with Crippen LogP contribution in [0.3, 0.4) is 0 Å². The summed E-state index contributed by atoms with van der Waals surface area (Å²) in [6.07, 6.45) is -0.426. The third-order valence-electron chi connectivity index (χ3n) is 1.85. The second kappa shape index (κ2) is 4.82. The molecule has 1 rings (SSSR count). The minimum Gasteiger partial charge on any atom is -0.489 e. The number of aliphatic hydroxyl groups is 1. The molecule has 0 bridgehead atoms. The van der Waals surface area contributed by atoms with Gasteiger partial charge in [0, 0.05) is 0 Å². The summed E-state index contributed by atoms with van der Waals surface area (Å²) in [6.45, 7) is 7.95. The van der Waals surface area contributed by atoms with Crippen LogP contribution in [0.5, 0.6) is 5.75 Å². The normalized spacial score (nSPS) is 12.2. The molecular weight excluding hydrogens is 176 g/mol. The lowest BCUT2D eigenvalue weighted by molar-refractivity contribution is 0.199. The van der Waals surface area contributed by atoms with Gasteiger partial charge in [0.2, 0.25) is 0 Å². The molecule has 1 N–H and O–H groups in total. The van der Waals surface area contributed by atoms with E-state index >= 15 is 0 Å². The van der Waals surface area contributed by atoms with Gasteiger partial charge in [-0.2, -0.15) is 0 Å². The van der Waals surface area contributed by atoms with Crippen molar-refractivity contribution in [2.24, 2.45) is 0 Å². The van der Waals surface area contributed by atoms with E-state index in [4.69, 9.17) is 4.74 Å². The van der Waals surface area contributed by atoms with Gasteiger partial charge in [0.15, 0.2) is 0 Å².